The first-order valence-corrected chi connectivity index (χ1v) is 9.16. The molecule has 0 saturated carbocycles. The molecule has 2 heterocycles. The largest absolute Gasteiger partial charge is 0.457 e. The Bertz CT molecular complexity index is 1200. The molecule has 0 aliphatic carbocycles. The van der Waals surface area contributed by atoms with Gasteiger partial charge in [-0.3, -0.25) is 29.9 Å². The predicted octanol–water partition coefficient (Wildman–Crippen LogP) is 3.69. The summed E-state index contributed by atoms with van der Waals surface area (Å²) in [6.07, 6.45) is 1.34. The second kappa shape index (κ2) is 7.72. The molecule has 1 aliphatic rings. The fourth-order valence-corrected chi connectivity index (χ4v) is 3.23. The van der Waals surface area contributed by atoms with Crippen LogP contribution in [-0.2, 0) is 9.59 Å². The number of nitro benzene ring substituents is 1. The molecule has 0 atom stereocenters. The fraction of sp³-hybridized carbons (Fsp3) is 0. The Balaban J connectivity index is 1.64. The van der Waals surface area contributed by atoms with E-state index in [4.69, 9.17) is 16.6 Å². The Morgan fingerprint density at radius 2 is 1.70 bits per heavy atom. The van der Waals surface area contributed by atoms with Crippen molar-refractivity contribution in [2.45, 2.75) is 0 Å². The van der Waals surface area contributed by atoms with E-state index in [1.54, 1.807) is 54.6 Å². The van der Waals surface area contributed by atoms with Crippen molar-refractivity contribution in [1.29, 1.82) is 0 Å². The zero-order chi connectivity index (χ0) is 21.3. The van der Waals surface area contributed by atoms with Crippen LogP contribution < -0.4 is 10.2 Å². The number of nitro groups is 1. The Morgan fingerprint density at radius 1 is 1.00 bits per heavy atom. The van der Waals surface area contributed by atoms with Crippen molar-refractivity contribution in [1.82, 2.24) is 5.32 Å². The number of anilines is 1. The van der Waals surface area contributed by atoms with Gasteiger partial charge in [0, 0.05) is 17.7 Å². The number of nitrogens with zero attached hydrogens (tertiary/aromatic N) is 2. The van der Waals surface area contributed by atoms with Gasteiger partial charge in [0.05, 0.1) is 10.6 Å². The zero-order valence-corrected chi connectivity index (χ0v) is 16.1. The van der Waals surface area contributed by atoms with Crippen molar-refractivity contribution in [3.05, 3.63) is 88.2 Å². The highest BCUT2D eigenvalue weighted by Crippen LogP contribution is 2.27. The maximum Gasteiger partial charge on any atom is 0.270 e. The Hall–Kier alpha value is -4.11. The second-order valence-corrected chi connectivity index (χ2v) is 6.69. The van der Waals surface area contributed by atoms with E-state index in [1.807, 2.05) is 0 Å². The number of hydrogen-bond acceptors (Lipinski definition) is 6. The highest BCUT2D eigenvalue weighted by Gasteiger charge is 2.34. The SMILES string of the molecule is O=C1NC(=S)N(c2ccccc2)C(=O)/C1=C/c1ccc(-c2ccc([N+](=O)[O-])cc2)o1. The van der Waals surface area contributed by atoms with E-state index >= 15 is 0 Å². The molecule has 9 heteroatoms. The molecule has 0 radical (unpaired) electrons. The van der Waals surface area contributed by atoms with Gasteiger partial charge < -0.3 is 4.42 Å². The third-order valence-electron chi connectivity index (χ3n) is 4.39. The van der Waals surface area contributed by atoms with Crippen LogP contribution in [0.1, 0.15) is 5.76 Å². The van der Waals surface area contributed by atoms with Crippen LogP contribution >= 0.6 is 12.2 Å². The van der Waals surface area contributed by atoms with Crippen molar-refractivity contribution in [2.75, 3.05) is 4.90 Å². The smallest absolute Gasteiger partial charge is 0.270 e. The normalized spacial score (nSPS) is 15.4. The van der Waals surface area contributed by atoms with Crippen molar-refractivity contribution >= 4 is 46.6 Å². The third-order valence-corrected chi connectivity index (χ3v) is 4.68. The van der Waals surface area contributed by atoms with Gasteiger partial charge in [-0.05, 0) is 54.7 Å². The Morgan fingerprint density at radius 3 is 2.37 bits per heavy atom. The first-order valence-electron chi connectivity index (χ1n) is 8.75. The minimum Gasteiger partial charge on any atom is -0.457 e. The van der Waals surface area contributed by atoms with Gasteiger partial charge >= 0.3 is 0 Å². The number of carbonyl (C=O) groups excluding carboxylic acids is 2. The highest BCUT2D eigenvalue weighted by molar-refractivity contribution is 7.80. The number of thiocarbonyl (C=S) groups is 1. The van der Waals surface area contributed by atoms with Gasteiger partial charge in [0.1, 0.15) is 17.1 Å². The summed E-state index contributed by atoms with van der Waals surface area (Å²) in [5.74, 6) is -0.466. The summed E-state index contributed by atoms with van der Waals surface area (Å²) in [5.41, 5.74) is 0.993. The number of amides is 2. The van der Waals surface area contributed by atoms with Crippen molar-refractivity contribution in [3.8, 4) is 11.3 Å². The van der Waals surface area contributed by atoms with Gasteiger partial charge in [-0.25, -0.2) is 0 Å². The van der Waals surface area contributed by atoms with Crippen LogP contribution in [0, 0.1) is 10.1 Å². The van der Waals surface area contributed by atoms with Crippen molar-refractivity contribution in [3.63, 3.8) is 0 Å². The molecule has 0 bridgehead atoms. The molecule has 2 aromatic carbocycles. The number of rotatable bonds is 4. The minimum atomic E-state index is -0.620. The molecule has 3 aromatic rings. The van der Waals surface area contributed by atoms with E-state index in [-0.39, 0.29) is 22.1 Å². The zero-order valence-electron chi connectivity index (χ0n) is 15.3. The standard InChI is InChI=1S/C21H13N3O5S/c25-19-17(20(26)23(21(30)22-19)14-4-2-1-3-5-14)12-16-10-11-18(29-16)13-6-8-15(9-7-13)24(27)28/h1-12H,(H,22,25,30)/b17-12+. The van der Waals surface area contributed by atoms with Crippen LogP contribution in [0.4, 0.5) is 11.4 Å². The predicted molar refractivity (Wildman–Crippen MR) is 113 cm³/mol. The first kappa shape index (κ1) is 19.2. The molecule has 1 aromatic heterocycles. The number of para-hydroxylation sites is 1. The number of carbonyl (C=O) groups is 2. The average Bonchev–Trinajstić information content (AvgIpc) is 3.20. The lowest BCUT2D eigenvalue weighted by Crippen LogP contribution is -2.54. The second-order valence-electron chi connectivity index (χ2n) is 6.30. The summed E-state index contributed by atoms with van der Waals surface area (Å²) in [6, 6.07) is 17.8. The van der Waals surface area contributed by atoms with Crippen molar-refractivity contribution in [2.24, 2.45) is 0 Å². The van der Waals surface area contributed by atoms with E-state index in [0.29, 0.717) is 17.0 Å². The van der Waals surface area contributed by atoms with Gasteiger partial charge in [0.15, 0.2) is 5.11 Å². The van der Waals surface area contributed by atoms with Crippen LogP contribution in [0.3, 0.4) is 0 Å². The van der Waals surface area contributed by atoms with Crippen LogP contribution in [0.2, 0.25) is 0 Å². The van der Waals surface area contributed by atoms with Gasteiger partial charge in [-0.15, -0.1) is 0 Å². The molecule has 4 rings (SSSR count). The number of nitrogens with one attached hydrogen (secondary N) is 1. The summed E-state index contributed by atoms with van der Waals surface area (Å²) < 4.78 is 5.71. The van der Waals surface area contributed by atoms with Gasteiger partial charge in [0.25, 0.3) is 17.5 Å². The quantitative estimate of drug-likeness (QED) is 0.227. The minimum absolute atomic E-state index is 0.000589. The van der Waals surface area contributed by atoms with Gasteiger partial charge in [-0.2, -0.15) is 0 Å². The summed E-state index contributed by atoms with van der Waals surface area (Å²) >= 11 is 5.15. The molecule has 2 amide bonds. The molecule has 1 N–H and O–H groups in total. The van der Waals surface area contributed by atoms with Crippen molar-refractivity contribution < 1.29 is 18.9 Å². The average molecular weight is 419 g/mol. The summed E-state index contributed by atoms with van der Waals surface area (Å²) in [7, 11) is 0. The summed E-state index contributed by atoms with van der Waals surface area (Å²) in [5, 5.41) is 13.3. The number of hydrogen-bond donors (Lipinski definition) is 1. The van der Waals surface area contributed by atoms with Crippen LogP contribution in [0.25, 0.3) is 17.4 Å². The molecule has 148 valence electrons. The maximum atomic E-state index is 12.9. The lowest BCUT2D eigenvalue weighted by atomic mass is 10.1. The Kier molecular flexibility index (Phi) is 4.95. The summed E-state index contributed by atoms with van der Waals surface area (Å²) in [4.78, 5) is 36.8. The van der Waals surface area contributed by atoms with Gasteiger partial charge in [0.2, 0.25) is 0 Å². The molecule has 1 aliphatic heterocycles. The van der Waals surface area contributed by atoms with Crippen LogP contribution in [0.15, 0.2) is 76.7 Å². The molecule has 30 heavy (non-hydrogen) atoms. The topological polar surface area (TPSA) is 106 Å². The molecule has 0 spiro atoms. The first-order chi connectivity index (χ1) is 14.4. The molecule has 1 saturated heterocycles. The number of furan rings is 1. The molecule has 1 fully saturated rings. The van der Waals surface area contributed by atoms with Crippen LogP contribution in [0.5, 0.6) is 0 Å². The van der Waals surface area contributed by atoms with E-state index in [1.165, 1.54) is 23.1 Å². The fourth-order valence-electron chi connectivity index (χ4n) is 2.94. The monoisotopic (exact) mass is 419 g/mol. The lowest BCUT2D eigenvalue weighted by molar-refractivity contribution is -0.384. The lowest BCUT2D eigenvalue weighted by Gasteiger charge is -2.28. The molecule has 8 nitrogen and oxygen atoms in total. The molecular formula is C21H13N3O5S. The molecular weight excluding hydrogens is 406 g/mol. The number of benzene rings is 2. The van der Waals surface area contributed by atoms with E-state index in [0.717, 1.165) is 0 Å². The van der Waals surface area contributed by atoms with E-state index in [2.05, 4.69) is 5.32 Å². The third kappa shape index (κ3) is 3.61. The Labute approximate surface area is 175 Å². The molecule has 0 unspecified atom stereocenters. The van der Waals surface area contributed by atoms with Crippen LogP contribution in [-0.4, -0.2) is 21.9 Å². The number of non-ortho nitro benzene ring substituents is 1. The summed E-state index contributed by atoms with van der Waals surface area (Å²) in [6.45, 7) is 0. The highest BCUT2D eigenvalue weighted by atomic mass is 32.1. The van der Waals surface area contributed by atoms with E-state index in [9.17, 15) is 19.7 Å². The van der Waals surface area contributed by atoms with E-state index < -0.39 is 16.7 Å². The van der Waals surface area contributed by atoms with Gasteiger partial charge in [-0.1, -0.05) is 18.2 Å². The maximum absolute atomic E-state index is 12.9.